The molecule has 1 amide bonds. The number of rotatable bonds is 22. The van der Waals surface area contributed by atoms with Crippen molar-refractivity contribution in [1.82, 2.24) is 5.32 Å². The number of benzene rings is 2. The number of nitrogens with one attached hydrogen (secondary N) is 1. The van der Waals surface area contributed by atoms with E-state index in [9.17, 15) is 44.7 Å². The third kappa shape index (κ3) is 13.2. The molecule has 0 saturated carbocycles. The average molecular weight is 942 g/mol. The normalized spacial score (nSPS) is 23.1. The second kappa shape index (κ2) is 23.6. The van der Waals surface area contributed by atoms with E-state index in [2.05, 4.69) is 78.1 Å². The lowest BCUT2D eigenvalue weighted by Gasteiger charge is -2.43. The highest BCUT2D eigenvalue weighted by molar-refractivity contribution is 6.31. The van der Waals surface area contributed by atoms with Crippen molar-refractivity contribution in [2.45, 2.75) is 182 Å². The molecule has 0 aromatic heterocycles. The molecule has 2 aliphatic carbocycles. The number of carbonyl (C=O) groups excluding carboxylic acids is 4. The Morgan fingerprint density at radius 3 is 2.10 bits per heavy atom. The maximum absolute atomic E-state index is 14.0. The summed E-state index contributed by atoms with van der Waals surface area (Å²) in [6.07, 6.45) is 13.7. The third-order valence-corrected chi connectivity index (χ3v) is 13.8. The summed E-state index contributed by atoms with van der Waals surface area (Å²) < 4.78 is 17.7. The predicted octanol–water partition coefficient (Wildman–Crippen LogP) is 9.28. The van der Waals surface area contributed by atoms with Crippen LogP contribution in [0.5, 0.6) is 17.2 Å². The van der Waals surface area contributed by atoms with Crippen LogP contribution in [-0.4, -0.2) is 92.6 Å². The summed E-state index contributed by atoms with van der Waals surface area (Å²) >= 11 is 0. The van der Waals surface area contributed by atoms with Crippen LogP contribution in [0, 0.1) is 5.41 Å². The second-order valence-corrected chi connectivity index (χ2v) is 20.3. The molecule has 13 heteroatoms. The van der Waals surface area contributed by atoms with E-state index in [1.165, 1.54) is 47.6 Å². The topological polar surface area (TPSA) is 209 Å². The summed E-state index contributed by atoms with van der Waals surface area (Å²) in [5.74, 6) is -4.18. The second-order valence-electron chi connectivity index (χ2n) is 20.3. The largest absolute Gasteiger partial charge is 0.507 e. The van der Waals surface area contributed by atoms with Gasteiger partial charge in [0.15, 0.2) is 17.9 Å². The molecule has 0 bridgehead atoms. The number of aliphatic hydroxyl groups excluding tert-OH is 2. The molecule has 68 heavy (non-hydrogen) atoms. The first-order valence-electron chi connectivity index (χ1n) is 24.2. The van der Waals surface area contributed by atoms with Crippen molar-refractivity contribution in [1.29, 1.82) is 0 Å². The van der Waals surface area contributed by atoms with E-state index in [-0.39, 0.29) is 52.2 Å². The van der Waals surface area contributed by atoms with Crippen molar-refractivity contribution in [2.24, 2.45) is 5.41 Å². The molecule has 1 aliphatic heterocycles. The fourth-order valence-corrected chi connectivity index (χ4v) is 9.66. The first-order chi connectivity index (χ1) is 32.1. The molecule has 1 fully saturated rings. The minimum absolute atomic E-state index is 0.0690. The average Bonchev–Trinajstić information content (AvgIpc) is 3.28. The van der Waals surface area contributed by atoms with E-state index in [0.29, 0.717) is 6.42 Å². The van der Waals surface area contributed by atoms with Gasteiger partial charge in [-0.25, -0.2) is 0 Å². The maximum Gasteiger partial charge on any atom is 0.220 e. The highest BCUT2D eigenvalue weighted by Crippen LogP contribution is 2.52. The Balaban J connectivity index is 1.18. The van der Waals surface area contributed by atoms with E-state index in [1.54, 1.807) is 6.92 Å². The monoisotopic (exact) mass is 942 g/mol. The number of aliphatic hydroxyl groups is 3. The Bertz CT molecular complexity index is 2320. The molecule has 6 atom stereocenters. The molecular formula is C55H75NO12. The first-order valence-corrected chi connectivity index (χ1v) is 24.2. The fraction of sp³-hybridized carbons (Fsp3) is 0.564. The molecule has 0 spiro atoms. The van der Waals surface area contributed by atoms with E-state index in [4.69, 9.17) is 14.2 Å². The van der Waals surface area contributed by atoms with Crippen LogP contribution in [0.3, 0.4) is 0 Å². The number of hydrogen-bond acceptors (Lipinski definition) is 12. The van der Waals surface area contributed by atoms with Gasteiger partial charge < -0.3 is 45.1 Å². The van der Waals surface area contributed by atoms with Gasteiger partial charge in [-0.05, 0) is 117 Å². The molecule has 372 valence electrons. The highest BCUT2D eigenvalue weighted by atomic mass is 16.7. The van der Waals surface area contributed by atoms with Gasteiger partial charge in [0.05, 0.1) is 42.0 Å². The van der Waals surface area contributed by atoms with Gasteiger partial charge in [-0.1, -0.05) is 72.6 Å². The molecule has 5 rings (SSSR count). The van der Waals surface area contributed by atoms with Crippen LogP contribution in [0.2, 0.25) is 0 Å². The molecular weight excluding hydrogens is 867 g/mol. The molecule has 1 heterocycles. The van der Waals surface area contributed by atoms with Crippen LogP contribution >= 0.6 is 0 Å². The first kappa shape index (κ1) is 54.0. The van der Waals surface area contributed by atoms with Gasteiger partial charge in [0.25, 0.3) is 0 Å². The Morgan fingerprint density at radius 2 is 1.47 bits per heavy atom. The molecule has 2 aromatic carbocycles. The summed E-state index contributed by atoms with van der Waals surface area (Å²) in [7, 11) is 1.33. The summed E-state index contributed by atoms with van der Waals surface area (Å²) in [5, 5.41) is 59.1. The van der Waals surface area contributed by atoms with Gasteiger partial charge in [0.2, 0.25) is 11.7 Å². The lowest BCUT2D eigenvalue weighted by molar-refractivity contribution is -0.249. The number of carbonyl (C=O) groups is 4. The van der Waals surface area contributed by atoms with Crippen LogP contribution in [0.1, 0.15) is 188 Å². The summed E-state index contributed by atoms with van der Waals surface area (Å²) in [6, 6.07) is 3.55. The molecule has 1 saturated heterocycles. The standard InChI is InChI=1S/C55H75NO12/c1-32(2)16-12-19-35(5)21-13-20-33(3)17-10-11-18-34(4)22-15-26-54(7,8)27-25-43(59)56-39-28-44(67-36(6)49(39)60)68-41-30-55(65,42(58)31-57)29-38-46(41)53(64)48-47(51(38)62)50(61)37-23-14-24-40(66-9)45(37)52(48)63/h14,16-18,21,23-24,36,39,41,44,49,57,60,62,64-65H,10-13,15,19-20,22,25-31H2,1-9H3,(H,56,59)/b33-17+,34-18+,35-21+/t36?,39?,41-,44?,49?,55+/m1/s1. The zero-order chi connectivity index (χ0) is 50.1. The van der Waals surface area contributed by atoms with Gasteiger partial charge in [-0.3, -0.25) is 19.2 Å². The molecule has 0 radical (unpaired) electrons. The molecule has 13 nitrogen and oxygen atoms in total. The lowest BCUT2D eigenvalue weighted by Crippen LogP contribution is -2.56. The number of unbranched alkanes of at least 4 members (excludes halogenated alkanes) is 1. The van der Waals surface area contributed by atoms with Crippen molar-refractivity contribution < 1.29 is 58.9 Å². The van der Waals surface area contributed by atoms with Crippen LogP contribution in [0.25, 0.3) is 0 Å². The van der Waals surface area contributed by atoms with Crippen molar-refractivity contribution in [3.8, 4) is 17.2 Å². The smallest absolute Gasteiger partial charge is 0.220 e. The number of aromatic hydroxyl groups is 2. The summed E-state index contributed by atoms with van der Waals surface area (Å²) in [4.78, 5) is 54.4. The van der Waals surface area contributed by atoms with Crippen molar-refractivity contribution in [2.75, 3.05) is 13.7 Å². The summed E-state index contributed by atoms with van der Waals surface area (Å²) in [6.45, 7) is 15.7. The fourth-order valence-electron chi connectivity index (χ4n) is 9.66. The molecule has 2 aromatic rings. The number of hydrogen-bond donors (Lipinski definition) is 6. The zero-order valence-electron chi connectivity index (χ0n) is 41.6. The number of ketones is 3. The number of Topliss-reactive ketones (excluding diaryl/α,β-unsaturated/α-hetero) is 1. The Morgan fingerprint density at radius 1 is 0.853 bits per heavy atom. The van der Waals surface area contributed by atoms with E-state index in [0.717, 1.165) is 57.8 Å². The predicted molar refractivity (Wildman–Crippen MR) is 261 cm³/mol. The number of allylic oxidation sites excluding steroid dienone is 8. The zero-order valence-corrected chi connectivity index (χ0v) is 41.6. The quantitative estimate of drug-likeness (QED) is 0.0316. The molecule has 4 unspecified atom stereocenters. The molecule has 3 aliphatic rings. The van der Waals surface area contributed by atoms with Gasteiger partial charge >= 0.3 is 0 Å². The number of phenols is 2. The SMILES string of the molecule is COc1cccc2c1C(=O)c1c(O)c3c(c(O)c1C2=O)C[C@@](O)(C(=O)CO)C[C@H]3OC1CC(NC(=O)CCC(C)(C)CCC/C(C)=C/CC/C=C(\C)CC/C=C(\C)CCC=C(C)C)C(O)C(C)O1. The van der Waals surface area contributed by atoms with Gasteiger partial charge in [-0.15, -0.1) is 0 Å². The van der Waals surface area contributed by atoms with Crippen molar-refractivity contribution in [3.05, 3.63) is 98.2 Å². The Kier molecular flexibility index (Phi) is 18.7. The van der Waals surface area contributed by atoms with Gasteiger partial charge in [0, 0.05) is 42.4 Å². The van der Waals surface area contributed by atoms with Crippen LogP contribution in [0.15, 0.2) is 64.8 Å². The van der Waals surface area contributed by atoms with Crippen LogP contribution < -0.4 is 10.1 Å². The molecule has 6 N–H and O–H groups in total. The van der Waals surface area contributed by atoms with Crippen molar-refractivity contribution in [3.63, 3.8) is 0 Å². The Labute approximate surface area is 402 Å². The summed E-state index contributed by atoms with van der Waals surface area (Å²) in [5.41, 5.74) is 1.64. The highest BCUT2D eigenvalue weighted by Gasteiger charge is 2.50. The van der Waals surface area contributed by atoms with Gasteiger partial charge in [0.1, 0.15) is 35.6 Å². The number of ether oxygens (including phenoxy) is 3. The number of fused-ring (bicyclic) bond motifs is 3. The minimum atomic E-state index is -2.32. The minimum Gasteiger partial charge on any atom is -0.507 e. The van der Waals surface area contributed by atoms with Crippen molar-refractivity contribution >= 4 is 23.3 Å². The number of phenolic OH excluding ortho intramolecular Hbond substituents is 2. The number of amides is 1. The Hall–Kier alpha value is -4.92. The van der Waals surface area contributed by atoms with Gasteiger partial charge in [-0.2, -0.15) is 0 Å². The third-order valence-electron chi connectivity index (χ3n) is 13.8. The van der Waals surface area contributed by atoms with Crippen LogP contribution in [0.4, 0.5) is 0 Å². The number of methoxy groups -OCH3 is 1. The van der Waals surface area contributed by atoms with E-state index >= 15 is 0 Å². The van der Waals surface area contributed by atoms with E-state index in [1.807, 2.05) is 0 Å². The van der Waals surface area contributed by atoms with E-state index < -0.39 is 95.7 Å². The van der Waals surface area contributed by atoms with Crippen LogP contribution in [-0.2, 0) is 25.5 Å². The lowest BCUT2D eigenvalue weighted by atomic mass is 9.72. The maximum atomic E-state index is 14.0.